The Morgan fingerprint density at radius 3 is 2.43 bits per heavy atom. The maximum atomic E-state index is 4.86. The number of aromatic nitrogens is 2. The van der Waals surface area contributed by atoms with Gasteiger partial charge in [0, 0.05) is 18.3 Å². The Kier molecular flexibility index (Phi) is 3.23. The first-order valence-electron chi connectivity index (χ1n) is 7.71. The zero-order valence-electron chi connectivity index (χ0n) is 13.3. The number of hydrogen-bond acceptors (Lipinski definition) is 4. The van der Waals surface area contributed by atoms with E-state index in [1.54, 1.807) is 0 Å². The lowest BCUT2D eigenvalue weighted by Crippen LogP contribution is -2.24. The van der Waals surface area contributed by atoms with Gasteiger partial charge in [-0.2, -0.15) is 0 Å². The molecule has 4 nitrogen and oxygen atoms in total. The predicted octanol–water partition coefficient (Wildman–Crippen LogP) is 4.00. The summed E-state index contributed by atoms with van der Waals surface area (Å²) in [6.07, 6.45) is 1.87. The summed E-state index contributed by atoms with van der Waals surface area (Å²) in [6.45, 7) is 2.86. The van der Waals surface area contributed by atoms with E-state index in [0.717, 1.165) is 35.2 Å². The summed E-state index contributed by atoms with van der Waals surface area (Å²) in [4.78, 5) is 13.9. The van der Waals surface area contributed by atoms with Crippen LogP contribution in [0.1, 0.15) is 5.56 Å². The van der Waals surface area contributed by atoms with Gasteiger partial charge in [0.15, 0.2) is 11.6 Å². The minimum atomic E-state index is 0.760. The molecule has 0 unspecified atom stereocenters. The van der Waals surface area contributed by atoms with Gasteiger partial charge in [0.25, 0.3) is 0 Å². The van der Waals surface area contributed by atoms with E-state index >= 15 is 0 Å². The normalized spacial score (nSPS) is 13.3. The highest BCUT2D eigenvalue weighted by Gasteiger charge is 2.27. The van der Waals surface area contributed by atoms with Crippen molar-refractivity contribution in [2.75, 3.05) is 23.5 Å². The first-order valence-corrected chi connectivity index (χ1v) is 7.71. The number of hydrogen-bond donors (Lipinski definition) is 0. The van der Waals surface area contributed by atoms with Gasteiger partial charge in [-0.25, -0.2) is 9.97 Å². The first-order chi connectivity index (χ1) is 11.2. The molecule has 2 heterocycles. The number of para-hydroxylation sites is 1. The van der Waals surface area contributed by atoms with Crippen LogP contribution in [0.15, 0.2) is 60.8 Å². The highest BCUT2D eigenvalue weighted by molar-refractivity contribution is 5.78. The Morgan fingerprint density at radius 1 is 0.913 bits per heavy atom. The molecule has 0 atom stereocenters. The van der Waals surface area contributed by atoms with Gasteiger partial charge in [-0.3, -0.25) is 0 Å². The maximum absolute atomic E-state index is 4.86. The first kappa shape index (κ1) is 13.8. The molecule has 114 valence electrons. The molecule has 0 radical (unpaired) electrons. The van der Waals surface area contributed by atoms with Crippen molar-refractivity contribution < 1.29 is 0 Å². The van der Waals surface area contributed by atoms with Crippen LogP contribution in [0, 0.1) is 6.92 Å². The van der Waals surface area contributed by atoms with Crippen molar-refractivity contribution in [3.05, 3.63) is 66.4 Å². The summed E-state index contributed by atoms with van der Waals surface area (Å²) >= 11 is 0. The third-order valence-electron chi connectivity index (χ3n) is 4.20. The molecule has 0 N–H and O–H groups in total. The summed E-state index contributed by atoms with van der Waals surface area (Å²) in [6, 6.07) is 18.6. The van der Waals surface area contributed by atoms with Gasteiger partial charge in [-0.15, -0.1) is 0 Å². The fourth-order valence-electron chi connectivity index (χ4n) is 2.97. The maximum Gasteiger partial charge on any atom is 0.178 e. The topological polar surface area (TPSA) is 32.3 Å². The number of aryl methyl sites for hydroxylation is 1. The smallest absolute Gasteiger partial charge is 0.178 e. The Morgan fingerprint density at radius 2 is 1.65 bits per heavy atom. The van der Waals surface area contributed by atoms with E-state index < -0.39 is 0 Å². The summed E-state index contributed by atoms with van der Waals surface area (Å²) < 4.78 is 0. The van der Waals surface area contributed by atoms with E-state index in [0.29, 0.717) is 0 Å². The van der Waals surface area contributed by atoms with Crippen LogP contribution in [-0.2, 0) is 0 Å². The van der Waals surface area contributed by atoms with E-state index in [-0.39, 0.29) is 0 Å². The van der Waals surface area contributed by atoms with Crippen molar-refractivity contribution in [1.82, 2.24) is 9.97 Å². The molecule has 1 aromatic heterocycles. The van der Waals surface area contributed by atoms with Gasteiger partial charge in [0.1, 0.15) is 0 Å². The molecule has 2 aromatic carbocycles. The van der Waals surface area contributed by atoms with E-state index in [1.165, 1.54) is 5.56 Å². The van der Waals surface area contributed by atoms with E-state index in [9.17, 15) is 0 Å². The van der Waals surface area contributed by atoms with Gasteiger partial charge < -0.3 is 9.80 Å². The fourth-order valence-corrected chi connectivity index (χ4v) is 2.97. The number of anilines is 3. The second-order valence-electron chi connectivity index (χ2n) is 5.82. The molecule has 4 heteroatoms. The van der Waals surface area contributed by atoms with Gasteiger partial charge in [0.05, 0.1) is 18.6 Å². The highest BCUT2D eigenvalue weighted by Crippen LogP contribution is 2.37. The van der Waals surface area contributed by atoms with Gasteiger partial charge >= 0.3 is 0 Å². The molecule has 0 saturated heterocycles. The van der Waals surface area contributed by atoms with Crippen molar-refractivity contribution in [3.8, 4) is 11.3 Å². The van der Waals surface area contributed by atoms with E-state index in [2.05, 4.69) is 48.0 Å². The Bertz CT molecular complexity index is 845. The number of fused-ring (bicyclic) bond motifs is 1. The molecular formula is C19H18N4. The molecule has 0 amide bonds. The largest absolute Gasteiger partial charge is 0.338 e. The predicted molar refractivity (Wildman–Crippen MR) is 94.1 cm³/mol. The standard InChI is InChI=1S/C19H18N4/c1-14-8-6-7-11-16(14)17-12-20-18-19(21-17)22(2)13-23(18)15-9-4-3-5-10-15/h3-12H,13H2,1-2H3. The lowest BCUT2D eigenvalue weighted by molar-refractivity contribution is 0.936. The lowest BCUT2D eigenvalue weighted by atomic mass is 10.1. The summed E-state index contributed by atoms with van der Waals surface area (Å²) in [5, 5.41) is 0. The van der Waals surface area contributed by atoms with Crippen LogP contribution in [0.4, 0.5) is 17.3 Å². The zero-order chi connectivity index (χ0) is 15.8. The molecule has 0 aliphatic carbocycles. The third-order valence-corrected chi connectivity index (χ3v) is 4.20. The summed E-state index contributed by atoms with van der Waals surface area (Å²) in [5.41, 5.74) is 4.40. The molecule has 3 aromatic rings. The van der Waals surface area contributed by atoms with Gasteiger partial charge in [0.2, 0.25) is 0 Å². The van der Waals surface area contributed by atoms with Crippen LogP contribution >= 0.6 is 0 Å². The van der Waals surface area contributed by atoms with Crippen LogP contribution in [0.25, 0.3) is 11.3 Å². The van der Waals surface area contributed by atoms with Crippen molar-refractivity contribution in [2.45, 2.75) is 6.92 Å². The second-order valence-corrected chi connectivity index (χ2v) is 5.82. The Balaban J connectivity index is 1.78. The fraction of sp³-hybridized carbons (Fsp3) is 0.158. The van der Waals surface area contributed by atoms with Crippen LogP contribution in [-0.4, -0.2) is 23.7 Å². The third kappa shape index (κ3) is 2.32. The van der Waals surface area contributed by atoms with Crippen molar-refractivity contribution >= 4 is 17.3 Å². The van der Waals surface area contributed by atoms with Gasteiger partial charge in [-0.1, -0.05) is 42.5 Å². The van der Waals surface area contributed by atoms with Crippen LogP contribution < -0.4 is 9.80 Å². The Labute approximate surface area is 136 Å². The second kappa shape index (κ2) is 5.39. The minimum Gasteiger partial charge on any atom is -0.338 e. The van der Waals surface area contributed by atoms with Crippen LogP contribution in [0.2, 0.25) is 0 Å². The monoisotopic (exact) mass is 302 g/mol. The van der Waals surface area contributed by atoms with E-state index in [4.69, 9.17) is 9.97 Å². The molecule has 0 spiro atoms. The Hall–Kier alpha value is -2.88. The van der Waals surface area contributed by atoms with Crippen molar-refractivity contribution in [3.63, 3.8) is 0 Å². The summed E-state index contributed by atoms with van der Waals surface area (Å²) in [5.74, 6) is 1.84. The number of benzene rings is 2. The molecule has 0 saturated carbocycles. The molecule has 23 heavy (non-hydrogen) atoms. The van der Waals surface area contributed by atoms with Crippen molar-refractivity contribution in [1.29, 1.82) is 0 Å². The molecular weight excluding hydrogens is 284 g/mol. The average molecular weight is 302 g/mol. The zero-order valence-corrected chi connectivity index (χ0v) is 13.3. The number of rotatable bonds is 2. The molecule has 0 fully saturated rings. The minimum absolute atomic E-state index is 0.760. The van der Waals surface area contributed by atoms with Crippen LogP contribution in [0.3, 0.4) is 0 Å². The van der Waals surface area contributed by atoms with Crippen LogP contribution in [0.5, 0.6) is 0 Å². The van der Waals surface area contributed by atoms with Crippen molar-refractivity contribution in [2.24, 2.45) is 0 Å². The molecule has 1 aliphatic heterocycles. The highest BCUT2D eigenvalue weighted by atomic mass is 15.4. The number of nitrogens with zero attached hydrogens (tertiary/aromatic N) is 4. The molecule has 4 rings (SSSR count). The van der Waals surface area contributed by atoms with Gasteiger partial charge in [-0.05, 0) is 24.6 Å². The molecule has 0 bridgehead atoms. The van der Waals surface area contributed by atoms with E-state index in [1.807, 2.05) is 36.5 Å². The SMILES string of the molecule is Cc1ccccc1-c1cnc2c(n1)N(C)CN2c1ccccc1. The lowest BCUT2D eigenvalue weighted by Gasteiger charge is -2.17. The summed E-state index contributed by atoms with van der Waals surface area (Å²) in [7, 11) is 2.05. The quantitative estimate of drug-likeness (QED) is 0.716. The molecule has 1 aliphatic rings. The average Bonchev–Trinajstić information content (AvgIpc) is 2.93.